The molecule has 0 aliphatic heterocycles. The van der Waals surface area contributed by atoms with E-state index >= 15 is 0 Å². The summed E-state index contributed by atoms with van der Waals surface area (Å²) in [5, 5.41) is 4.32. The van der Waals surface area contributed by atoms with Crippen molar-refractivity contribution in [3.8, 4) is 0 Å². The number of hydrogen-bond acceptors (Lipinski definition) is 3. The van der Waals surface area contributed by atoms with Crippen molar-refractivity contribution in [2.45, 2.75) is 46.2 Å². The van der Waals surface area contributed by atoms with Crippen LogP contribution < -0.4 is 5.73 Å². The Labute approximate surface area is 105 Å². The third-order valence-electron chi connectivity index (χ3n) is 3.78. The SMILES string of the molecule is CCC(C)N(CC)C(CN)c1cnn(C)c1C. The van der Waals surface area contributed by atoms with Crippen molar-refractivity contribution < 1.29 is 0 Å². The second-order valence-corrected chi connectivity index (χ2v) is 4.65. The smallest absolute Gasteiger partial charge is 0.0540 e. The number of nitrogens with two attached hydrogens (primary N) is 1. The van der Waals surface area contributed by atoms with Crippen LogP contribution in [0.3, 0.4) is 0 Å². The van der Waals surface area contributed by atoms with Crippen LogP contribution in [-0.2, 0) is 7.05 Å². The Kier molecular flexibility index (Phi) is 5.15. The number of rotatable bonds is 6. The Morgan fingerprint density at radius 2 is 2.12 bits per heavy atom. The molecule has 0 radical (unpaired) electrons. The maximum Gasteiger partial charge on any atom is 0.0540 e. The van der Waals surface area contributed by atoms with Crippen molar-refractivity contribution in [3.63, 3.8) is 0 Å². The zero-order chi connectivity index (χ0) is 13.0. The van der Waals surface area contributed by atoms with E-state index in [0.717, 1.165) is 13.0 Å². The van der Waals surface area contributed by atoms with E-state index in [4.69, 9.17) is 5.73 Å². The van der Waals surface area contributed by atoms with E-state index in [9.17, 15) is 0 Å². The summed E-state index contributed by atoms with van der Waals surface area (Å²) in [5.41, 5.74) is 8.44. The van der Waals surface area contributed by atoms with Gasteiger partial charge >= 0.3 is 0 Å². The third kappa shape index (κ3) is 2.87. The van der Waals surface area contributed by atoms with Gasteiger partial charge in [0.05, 0.1) is 12.2 Å². The lowest BCUT2D eigenvalue weighted by Crippen LogP contribution is -2.39. The van der Waals surface area contributed by atoms with Crippen LogP contribution in [0.1, 0.15) is 44.5 Å². The molecule has 0 bridgehead atoms. The van der Waals surface area contributed by atoms with E-state index in [-0.39, 0.29) is 6.04 Å². The summed E-state index contributed by atoms with van der Waals surface area (Å²) in [7, 11) is 1.98. The molecule has 2 N–H and O–H groups in total. The zero-order valence-corrected chi connectivity index (χ0v) is 11.8. The molecule has 98 valence electrons. The van der Waals surface area contributed by atoms with Crippen molar-refractivity contribution in [1.82, 2.24) is 14.7 Å². The lowest BCUT2D eigenvalue weighted by molar-refractivity contribution is 0.151. The van der Waals surface area contributed by atoms with Crippen molar-refractivity contribution in [1.29, 1.82) is 0 Å². The largest absolute Gasteiger partial charge is 0.329 e. The first-order chi connectivity index (χ1) is 8.06. The van der Waals surface area contributed by atoms with Crippen LogP contribution in [0.4, 0.5) is 0 Å². The summed E-state index contributed by atoms with van der Waals surface area (Å²) in [4.78, 5) is 2.46. The van der Waals surface area contributed by atoms with Gasteiger partial charge in [-0.1, -0.05) is 13.8 Å². The lowest BCUT2D eigenvalue weighted by Gasteiger charge is -2.34. The summed E-state index contributed by atoms with van der Waals surface area (Å²) in [6.45, 7) is 10.4. The number of hydrogen-bond donors (Lipinski definition) is 1. The fourth-order valence-electron chi connectivity index (χ4n) is 2.36. The molecule has 17 heavy (non-hydrogen) atoms. The van der Waals surface area contributed by atoms with E-state index in [1.165, 1.54) is 11.3 Å². The highest BCUT2D eigenvalue weighted by molar-refractivity contribution is 5.21. The minimum atomic E-state index is 0.281. The van der Waals surface area contributed by atoms with Gasteiger partial charge in [-0.25, -0.2) is 0 Å². The van der Waals surface area contributed by atoms with Gasteiger partial charge in [-0.3, -0.25) is 9.58 Å². The molecule has 0 spiro atoms. The summed E-state index contributed by atoms with van der Waals surface area (Å²) in [6, 6.07) is 0.830. The van der Waals surface area contributed by atoms with Crippen LogP contribution in [0.2, 0.25) is 0 Å². The number of aryl methyl sites for hydroxylation is 1. The molecular formula is C13H26N4. The highest BCUT2D eigenvalue weighted by atomic mass is 15.3. The first-order valence-corrected chi connectivity index (χ1v) is 6.51. The second-order valence-electron chi connectivity index (χ2n) is 4.65. The van der Waals surface area contributed by atoms with Gasteiger partial charge in [0.25, 0.3) is 0 Å². The maximum atomic E-state index is 5.97. The van der Waals surface area contributed by atoms with Gasteiger partial charge in [-0.15, -0.1) is 0 Å². The Morgan fingerprint density at radius 3 is 2.47 bits per heavy atom. The van der Waals surface area contributed by atoms with Crippen LogP contribution in [0.5, 0.6) is 0 Å². The Morgan fingerprint density at radius 1 is 1.47 bits per heavy atom. The molecule has 2 atom stereocenters. The minimum absolute atomic E-state index is 0.281. The molecule has 0 fully saturated rings. The quantitative estimate of drug-likeness (QED) is 0.822. The molecule has 0 saturated heterocycles. The molecule has 2 unspecified atom stereocenters. The predicted molar refractivity (Wildman–Crippen MR) is 71.9 cm³/mol. The number of nitrogens with zero attached hydrogens (tertiary/aromatic N) is 3. The molecular weight excluding hydrogens is 212 g/mol. The molecule has 0 saturated carbocycles. The zero-order valence-electron chi connectivity index (χ0n) is 11.8. The van der Waals surface area contributed by atoms with Crippen LogP contribution in [0.25, 0.3) is 0 Å². The topological polar surface area (TPSA) is 47.1 Å². The Bertz CT molecular complexity index is 345. The van der Waals surface area contributed by atoms with Gasteiger partial charge < -0.3 is 5.73 Å². The third-order valence-corrected chi connectivity index (χ3v) is 3.78. The highest BCUT2D eigenvalue weighted by Gasteiger charge is 2.24. The van der Waals surface area contributed by atoms with E-state index in [0.29, 0.717) is 12.6 Å². The summed E-state index contributed by atoms with van der Waals surface area (Å²) in [5.74, 6) is 0. The van der Waals surface area contributed by atoms with Crippen LogP contribution in [-0.4, -0.2) is 33.8 Å². The Balaban J connectivity index is 3.01. The standard InChI is InChI=1S/C13H26N4/c1-6-10(3)17(7-2)13(8-14)12-9-15-16(5)11(12)4/h9-10,13H,6-8,14H2,1-5H3. The first kappa shape index (κ1) is 14.2. The molecule has 4 heteroatoms. The van der Waals surface area contributed by atoms with Crippen LogP contribution in [0.15, 0.2) is 6.20 Å². The minimum Gasteiger partial charge on any atom is -0.329 e. The molecule has 0 amide bonds. The maximum absolute atomic E-state index is 5.97. The van der Waals surface area contributed by atoms with Crippen molar-refractivity contribution in [2.75, 3.05) is 13.1 Å². The van der Waals surface area contributed by atoms with E-state index in [1.54, 1.807) is 0 Å². The van der Waals surface area contributed by atoms with Gasteiger partial charge in [-0.05, 0) is 26.8 Å². The number of likely N-dealkylation sites (N-methyl/N-ethyl adjacent to an activating group) is 1. The molecule has 0 aliphatic rings. The van der Waals surface area contributed by atoms with Gasteiger partial charge in [0.1, 0.15) is 0 Å². The fraction of sp³-hybridized carbons (Fsp3) is 0.769. The first-order valence-electron chi connectivity index (χ1n) is 6.51. The summed E-state index contributed by atoms with van der Waals surface area (Å²) < 4.78 is 1.92. The number of aromatic nitrogens is 2. The molecule has 0 aromatic carbocycles. The van der Waals surface area contributed by atoms with Gasteiger partial charge in [-0.2, -0.15) is 5.10 Å². The normalized spacial score (nSPS) is 15.2. The molecule has 1 heterocycles. The monoisotopic (exact) mass is 238 g/mol. The molecule has 1 rings (SSSR count). The predicted octanol–water partition coefficient (Wildman–Crippen LogP) is 1.85. The summed E-state index contributed by atoms with van der Waals surface area (Å²) >= 11 is 0. The van der Waals surface area contributed by atoms with Crippen molar-refractivity contribution in [2.24, 2.45) is 12.8 Å². The average molecular weight is 238 g/mol. The second kappa shape index (κ2) is 6.17. The summed E-state index contributed by atoms with van der Waals surface area (Å²) in [6.07, 6.45) is 3.10. The highest BCUT2D eigenvalue weighted by Crippen LogP contribution is 2.25. The molecule has 1 aromatic heterocycles. The van der Waals surface area contributed by atoms with E-state index < -0.39 is 0 Å². The fourth-order valence-corrected chi connectivity index (χ4v) is 2.36. The van der Waals surface area contributed by atoms with E-state index in [2.05, 4.69) is 37.7 Å². The van der Waals surface area contributed by atoms with Gasteiger partial charge in [0.15, 0.2) is 0 Å². The van der Waals surface area contributed by atoms with Crippen molar-refractivity contribution in [3.05, 3.63) is 17.5 Å². The van der Waals surface area contributed by atoms with Gasteiger partial charge in [0.2, 0.25) is 0 Å². The van der Waals surface area contributed by atoms with E-state index in [1.807, 2.05) is 17.9 Å². The molecule has 1 aromatic rings. The molecule has 4 nitrogen and oxygen atoms in total. The van der Waals surface area contributed by atoms with Crippen molar-refractivity contribution >= 4 is 0 Å². The lowest BCUT2D eigenvalue weighted by atomic mass is 10.0. The van der Waals surface area contributed by atoms with Crippen LogP contribution in [0, 0.1) is 6.92 Å². The molecule has 0 aliphatic carbocycles. The van der Waals surface area contributed by atoms with Gasteiger partial charge in [0, 0.05) is 30.9 Å². The average Bonchev–Trinajstić information content (AvgIpc) is 2.66. The Hall–Kier alpha value is -0.870. The van der Waals surface area contributed by atoms with Crippen LogP contribution >= 0.6 is 0 Å².